The number of benzene rings is 1. The van der Waals surface area contributed by atoms with E-state index < -0.39 is 6.04 Å². The highest BCUT2D eigenvalue weighted by atomic mass is 16.3. The second-order valence-corrected chi connectivity index (χ2v) is 6.64. The fraction of sp³-hybridized carbons (Fsp3) is 0.250. The van der Waals surface area contributed by atoms with Crippen LogP contribution in [0.25, 0.3) is 0 Å². The van der Waals surface area contributed by atoms with Crippen LogP contribution in [0.3, 0.4) is 0 Å². The summed E-state index contributed by atoms with van der Waals surface area (Å²) in [6, 6.07) is 12.3. The minimum atomic E-state index is -0.576. The van der Waals surface area contributed by atoms with E-state index in [2.05, 4.69) is 10.4 Å². The first-order valence-corrected chi connectivity index (χ1v) is 8.80. The van der Waals surface area contributed by atoms with Crippen LogP contribution >= 0.6 is 0 Å². The van der Waals surface area contributed by atoms with E-state index in [0.717, 1.165) is 11.3 Å². The number of aryl methyl sites for hydroxylation is 1. The Labute approximate surface area is 156 Å². The molecule has 0 fully saturated rings. The van der Waals surface area contributed by atoms with Crippen molar-refractivity contribution in [3.8, 4) is 0 Å². The van der Waals surface area contributed by atoms with Crippen molar-refractivity contribution in [3.05, 3.63) is 77.5 Å². The molecular formula is C20H20N4O3. The average Bonchev–Trinajstić information content (AvgIpc) is 3.36. The highest BCUT2D eigenvalue weighted by molar-refractivity contribution is 5.95. The number of furan rings is 1. The maximum Gasteiger partial charge on any atom is 0.254 e. The largest absolute Gasteiger partial charge is 0.467 e. The number of nitrogens with one attached hydrogen (secondary N) is 1. The Kier molecular flexibility index (Phi) is 4.50. The van der Waals surface area contributed by atoms with Gasteiger partial charge in [0.05, 0.1) is 31.6 Å². The molecular weight excluding hydrogens is 344 g/mol. The predicted molar refractivity (Wildman–Crippen MR) is 97.7 cm³/mol. The lowest BCUT2D eigenvalue weighted by Gasteiger charge is -2.33. The number of carbonyl (C=O) groups is 2. The van der Waals surface area contributed by atoms with Gasteiger partial charge in [-0.05, 0) is 37.3 Å². The Balaban J connectivity index is 1.53. The summed E-state index contributed by atoms with van der Waals surface area (Å²) < 4.78 is 6.94. The molecule has 1 aliphatic heterocycles. The molecule has 7 heteroatoms. The molecule has 0 radical (unpaired) electrons. The molecule has 138 valence electrons. The van der Waals surface area contributed by atoms with Crippen molar-refractivity contribution < 1.29 is 14.0 Å². The molecule has 0 saturated heterocycles. The van der Waals surface area contributed by atoms with Gasteiger partial charge in [-0.25, -0.2) is 0 Å². The van der Waals surface area contributed by atoms with Crippen LogP contribution in [0.5, 0.6) is 0 Å². The number of aromatic nitrogens is 2. The third-order valence-corrected chi connectivity index (χ3v) is 4.67. The molecule has 0 unspecified atom stereocenters. The smallest absolute Gasteiger partial charge is 0.254 e. The number of fused-ring (bicyclic) bond motifs is 1. The lowest BCUT2D eigenvalue weighted by atomic mass is 10.1. The van der Waals surface area contributed by atoms with Crippen molar-refractivity contribution in [2.75, 3.05) is 6.54 Å². The first-order chi connectivity index (χ1) is 13.1. The van der Waals surface area contributed by atoms with Crippen molar-refractivity contribution in [3.63, 3.8) is 0 Å². The van der Waals surface area contributed by atoms with E-state index in [4.69, 9.17) is 4.42 Å². The van der Waals surface area contributed by atoms with E-state index in [0.29, 0.717) is 24.4 Å². The highest BCUT2D eigenvalue weighted by Crippen LogP contribution is 2.22. The Morgan fingerprint density at radius 1 is 1.26 bits per heavy atom. The fourth-order valence-corrected chi connectivity index (χ4v) is 3.31. The van der Waals surface area contributed by atoms with E-state index in [1.807, 2.05) is 31.2 Å². The van der Waals surface area contributed by atoms with Crippen LogP contribution in [0.1, 0.15) is 33.4 Å². The van der Waals surface area contributed by atoms with E-state index in [1.54, 1.807) is 40.2 Å². The van der Waals surface area contributed by atoms with Crippen LogP contribution in [-0.2, 0) is 17.9 Å². The first-order valence-electron chi connectivity index (χ1n) is 8.80. The molecule has 7 nitrogen and oxygen atoms in total. The van der Waals surface area contributed by atoms with Crippen LogP contribution in [0, 0.1) is 6.92 Å². The molecule has 3 heterocycles. The maximum atomic E-state index is 12.9. The molecule has 1 atom stereocenters. The van der Waals surface area contributed by atoms with Crippen LogP contribution < -0.4 is 5.32 Å². The molecule has 1 aliphatic rings. The van der Waals surface area contributed by atoms with Crippen molar-refractivity contribution in [2.24, 2.45) is 0 Å². The molecule has 27 heavy (non-hydrogen) atoms. The number of nitrogens with zero attached hydrogens (tertiary/aromatic N) is 3. The topological polar surface area (TPSA) is 80.4 Å². The summed E-state index contributed by atoms with van der Waals surface area (Å²) >= 11 is 0. The fourth-order valence-electron chi connectivity index (χ4n) is 3.31. The molecule has 2 amide bonds. The van der Waals surface area contributed by atoms with Crippen LogP contribution in [-0.4, -0.2) is 33.0 Å². The van der Waals surface area contributed by atoms with Crippen molar-refractivity contribution >= 4 is 11.8 Å². The van der Waals surface area contributed by atoms with E-state index in [1.165, 1.54) is 0 Å². The molecule has 0 bridgehead atoms. The van der Waals surface area contributed by atoms with Gasteiger partial charge in [0.1, 0.15) is 11.8 Å². The Morgan fingerprint density at radius 2 is 2.15 bits per heavy atom. The first kappa shape index (κ1) is 17.1. The normalized spacial score (nSPS) is 16.0. The summed E-state index contributed by atoms with van der Waals surface area (Å²) in [5.41, 5.74) is 2.48. The van der Waals surface area contributed by atoms with Gasteiger partial charge in [-0.15, -0.1) is 0 Å². The van der Waals surface area contributed by atoms with Gasteiger partial charge in [0, 0.05) is 11.8 Å². The molecule has 1 aromatic carbocycles. The Bertz CT molecular complexity index is 961. The van der Waals surface area contributed by atoms with Crippen LogP contribution in [0.4, 0.5) is 0 Å². The number of amides is 2. The summed E-state index contributed by atoms with van der Waals surface area (Å²) in [7, 11) is 0. The van der Waals surface area contributed by atoms with Crippen molar-refractivity contribution in [2.45, 2.75) is 26.1 Å². The van der Waals surface area contributed by atoms with Gasteiger partial charge in [0.15, 0.2) is 0 Å². The summed E-state index contributed by atoms with van der Waals surface area (Å²) in [4.78, 5) is 27.4. The highest BCUT2D eigenvalue weighted by Gasteiger charge is 2.33. The lowest BCUT2D eigenvalue weighted by molar-refractivity contribution is -0.125. The third kappa shape index (κ3) is 3.48. The second kappa shape index (κ2) is 7.11. The molecule has 0 aliphatic carbocycles. The molecule has 4 rings (SSSR count). The van der Waals surface area contributed by atoms with Gasteiger partial charge in [-0.1, -0.05) is 17.7 Å². The van der Waals surface area contributed by atoms with E-state index >= 15 is 0 Å². The summed E-state index contributed by atoms with van der Waals surface area (Å²) in [5, 5.41) is 7.14. The summed E-state index contributed by atoms with van der Waals surface area (Å²) in [5.74, 6) is 0.389. The summed E-state index contributed by atoms with van der Waals surface area (Å²) in [6.45, 7) is 2.94. The van der Waals surface area contributed by atoms with Gasteiger partial charge < -0.3 is 14.6 Å². The predicted octanol–water partition coefficient (Wildman–Crippen LogP) is 2.30. The van der Waals surface area contributed by atoms with Crippen LogP contribution in [0.15, 0.2) is 59.3 Å². The number of hydrogen-bond donors (Lipinski definition) is 1. The SMILES string of the molecule is Cc1cccc(C(=O)N2Cc3ccnn3[C@H](C(=O)NCc3ccco3)C2)c1. The quantitative estimate of drug-likeness (QED) is 0.770. The monoisotopic (exact) mass is 364 g/mol. The van der Waals surface area contributed by atoms with E-state index in [-0.39, 0.29) is 18.4 Å². The van der Waals surface area contributed by atoms with Crippen LogP contribution in [0.2, 0.25) is 0 Å². The zero-order valence-electron chi connectivity index (χ0n) is 15.0. The Morgan fingerprint density at radius 3 is 2.93 bits per heavy atom. The van der Waals surface area contributed by atoms with Gasteiger partial charge >= 0.3 is 0 Å². The molecule has 1 N–H and O–H groups in total. The minimum absolute atomic E-state index is 0.0880. The van der Waals surface area contributed by atoms with Crippen molar-refractivity contribution in [1.82, 2.24) is 20.0 Å². The maximum absolute atomic E-state index is 12.9. The second-order valence-electron chi connectivity index (χ2n) is 6.64. The summed E-state index contributed by atoms with van der Waals surface area (Å²) in [6.07, 6.45) is 3.22. The minimum Gasteiger partial charge on any atom is -0.467 e. The number of carbonyl (C=O) groups excluding carboxylic acids is 2. The Hall–Kier alpha value is -3.35. The number of hydrogen-bond acceptors (Lipinski definition) is 4. The molecule has 0 saturated carbocycles. The number of rotatable bonds is 4. The molecule has 3 aromatic rings. The molecule has 0 spiro atoms. The van der Waals surface area contributed by atoms with Gasteiger partial charge in [0.2, 0.25) is 5.91 Å². The van der Waals surface area contributed by atoms with Gasteiger partial charge in [-0.2, -0.15) is 5.10 Å². The standard InChI is InChI=1S/C20H20N4O3/c1-14-4-2-5-15(10-14)20(26)23-12-16-7-8-22-24(16)18(13-23)19(25)21-11-17-6-3-9-27-17/h2-10,18H,11-13H2,1H3,(H,21,25)/t18-/m0/s1. The van der Waals surface area contributed by atoms with E-state index in [9.17, 15) is 9.59 Å². The molecule has 2 aromatic heterocycles. The zero-order chi connectivity index (χ0) is 18.8. The van der Waals surface area contributed by atoms with Gasteiger partial charge in [0.25, 0.3) is 5.91 Å². The zero-order valence-corrected chi connectivity index (χ0v) is 15.0. The van der Waals surface area contributed by atoms with Crippen molar-refractivity contribution in [1.29, 1.82) is 0 Å². The average molecular weight is 364 g/mol. The lowest BCUT2D eigenvalue weighted by Crippen LogP contribution is -2.47. The van der Waals surface area contributed by atoms with Gasteiger partial charge in [-0.3, -0.25) is 14.3 Å². The third-order valence-electron chi connectivity index (χ3n) is 4.67.